The van der Waals surface area contributed by atoms with Gasteiger partial charge in [0, 0.05) is 37.7 Å². The van der Waals surface area contributed by atoms with Crippen LogP contribution < -0.4 is 10.5 Å². The van der Waals surface area contributed by atoms with Crippen molar-refractivity contribution in [2.45, 2.75) is 4.34 Å². The third kappa shape index (κ3) is 3.79. The number of nitrogens with zero attached hydrogens (tertiary/aromatic N) is 3. The van der Waals surface area contributed by atoms with Crippen LogP contribution in [0.4, 0.5) is 5.13 Å². The fraction of sp³-hybridized carbons (Fsp3) is 0.750. The standard InChI is InChI=1S/C8H15N5O2S3/c9-7-11-12-8(17-7)18(14,15)10-1-2-13-3-5-16-6-4-13/h10H,1-6H2,(H2,9,11). The highest BCUT2D eigenvalue weighted by atomic mass is 32.2. The summed E-state index contributed by atoms with van der Waals surface area (Å²) in [7, 11) is -3.56. The Balaban J connectivity index is 1.82. The van der Waals surface area contributed by atoms with E-state index in [0.29, 0.717) is 13.1 Å². The van der Waals surface area contributed by atoms with Crippen LogP contribution in [0.1, 0.15) is 0 Å². The number of nitrogen functional groups attached to an aromatic ring is 1. The molecule has 0 bridgehead atoms. The zero-order valence-electron chi connectivity index (χ0n) is 9.70. The lowest BCUT2D eigenvalue weighted by Crippen LogP contribution is -2.39. The molecule has 0 radical (unpaired) electrons. The van der Waals surface area contributed by atoms with E-state index in [1.807, 2.05) is 11.8 Å². The van der Waals surface area contributed by atoms with Gasteiger partial charge in [-0.2, -0.15) is 11.8 Å². The molecule has 1 aromatic rings. The van der Waals surface area contributed by atoms with Crippen molar-refractivity contribution in [3.05, 3.63) is 0 Å². The predicted octanol–water partition coefficient (Wildman–Crippen LogP) is -0.553. The number of thioether (sulfide) groups is 1. The topological polar surface area (TPSA) is 101 Å². The fourth-order valence-corrected chi connectivity index (χ4v) is 4.38. The van der Waals surface area contributed by atoms with Gasteiger partial charge in [-0.25, -0.2) is 13.1 Å². The Hall–Kier alpha value is -0.420. The van der Waals surface area contributed by atoms with Crippen molar-refractivity contribution in [2.24, 2.45) is 0 Å². The lowest BCUT2D eigenvalue weighted by molar-refractivity contribution is 0.307. The quantitative estimate of drug-likeness (QED) is 0.752. The maximum atomic E-state index is 11.8. The SMILES string of the molecule is Nc1nnc(S(=O)(=O)NCCN2CCSCC2)s1. The van der Waals surface area contributed by atoms with Gasteiger partial charge in [0.25, 0.3) is 10.0 Å². The minimum atomic E-state index is -3.56. The van der Waals surface area contributed by atoms with Crippen LogP contribution in [0.15, 0.2) is 4.34 Å². The van der Waals surface area contributed by atoms with Crippen LogP contribution in [0.2, 0.25) is 0 Å². The lowest BCUT2D eigenvalue weighted by Gasteiger charge is -2.25. The van der Waals surface area contributed by atoms with Crippen LogP contribution in [-0.2, 0) is 10.0 Å². The zero-order valence-corrected chi connectivity index (χ0v) is 12.2. The third-order valence-electron chi connectivity index (χ3n) is 2.48. The van der Waals surface area contributed by atoms with E-state index in [9.17, 15) is 8.42 Å². The van der Waals surface area contributed by atoms with Crippen LogP contribution in [0.25, 0.3) is 0 Å². The van der Waals surface area contributed by atoms with E-state index in [1.54, 1.807) is 0 Å². The van der Waals surface area contributed by atoms with E-state index >= 15 is 0 Å². The van der Waals surface area contributed by atoms with E-state index in [1.165, 1.54) is 0 Å². The minimum absolute atomic E-state index is 0.0748. The summed E-state index contributed by atoms with van der Waals surface area (Å²) < 4.78 is 26.0. The maximum Gasteiger partial charge on any atom is 0.269 e. The number of sulfonamides is 1. The fourth-order valence-electron chi connectivity index (χ4n) is 1.55. The van der Waals surface area contributed by atoms with Gasteiger partial charge in [0.1, 0.15) is 0 Å². The van der Waals surface area contributed by atoms with Crippen molar-refractivity contribution in [3.8, 4) is 0 Å². The normalized spacial score (nSPS) is 18.0. The van der Waals surface area contributed by atoms with Gasteiger partial charge in [0.05, 0.1) is 0 Å². The van der Waals surface area contributed by atoms with Gasteiger partial charge in [-0.1, -0.05) is 11.3 Å². The first kappa shape index (κ1) is 14.0. The van der Waals surface area contributed by atoms with Gasteiger partial charge in [0.2, 0.25) is 9.47 Å². The van der Waals surface area contributed by atoms with Crippen LogP contribution in [0, 0.1) is 0 Å². The predicted molar refractivity (Wildman–Crippen MR) is 73.3 cm³/mol. The Bertz CT molecular complexity index is 483. The zero-order chi connectivity index (χ0) is 13.0. The summed E-state index contributed by atoms with van der Waals surface area (Å²) in [4.78, 5) is 2.24. The molecule has 1 aromatic heterocycles. The smallest absolute Gasteiger partial charge is 0.269 e. The monoisotopic (exact) mass is 309 g/mol. The maximum absolute atomic E-state index is 11.8. The molecule has 10 heteroatoms. The van der Waals surface area contributed by atoms with E-state index in [2.05, 4.69) is 19.8 Å². The highest BCUT2D eigenvalue weighted by Crippen LogP contribution is 2.16. The summed E-state index contributed by atoms with van der Waals surface area (Å²) >= 11 is 2.80. The molecule has 18 heavy (non-hydrogen) atoms. The van der Waals surface area contributed by atoms with Crippen molar-refractivity contribution in [1.82, 2.24) is 19.8 Å². The van der Waals surface area contributed by atoms with Crippen LogP contribution >= 0.6 is 23.1 Å². The molecular formula is C8H15N5O2S3. The number of anilines is 1. The molecule has 1 aliphatic heterocycles. The Labute approximate surface area is 114 Å². The molecule has 0 aromatic carbocycles. The summed E-state index contributed by atoms with van der Waals surface area (Å²) in [5.41, 5.74) is 5.36. The second-order valence-electron chi connectivity index (χ2n) is 3.76. The van der Waals surface area contributed by atoms with Crippen LogP contribution in [-0.4, -0.2) is 61.2 Å². The second kappa shape index (κ2) is 6.15. The van der Waals surface area contributed by atoms with Gasteiger partial charge in [-0.05, 0) is 0 Å². The van der Waals surface area contributed by atoms with Gasteiger partial charge in [-0.15, -0.1) is 10.2 Å². The number of hydrogen-bond donors (Lipinski definition) is 2. The number of rotatable bonds is 5. The average Bonchev–Trinajstić information content (AvgIpc) is 2.78. The molecule has 102 valence electrons. The Morgan fingerprint density at radius 2 is 2.06 bits per heavy atom. The van der Waals surface area contributed by atoms with E-state index in [0.717, 1.165) is 35.9 Å². The number of aromatic nitrogens is 2. The summed E-state index contributed by atoms with van der Waals surface area (Å²) in [6.07, 6.45) is 0. The highest BCUT2D eigenvalue weighted by molar-refractivity contribution is 7.99. The van der Waals surface area contributed by atoms with Gasteiger partial charge in [0.15, 0.2) is 0 Å². The number of nitrogens with two attached hydrogens (primary N) is 1. The van der Waals surface area contributed by atoms with Gasteiger partial charge in [-0.3, -0.25) is 0 Å². The molecule has 0 aliphatic carbocycles. The molecule has 0 saturated carbocycles. The van der Waals surface area contributed by atoms with Crippen LogP contribution in [0.3, 0.4) is 0 Å². The van der Waals surface area contributed by atoms with Crippen molar-refractivity contribution in [3.63, 3.8) is 0 Å². The molecule has 2 heterocycles. The van der Waals surface area contributed by atoms with Crippen LogP contribution in [0.5, 0.6) is 0 Å². The molecule has 7 nitrogen and oxygen atoms in total. The van der Waals surface area contributed by atoms with E-state index < -0.39 is 10.0 Å². The summed E-state index contributed by atoms with van der Waals surface area (Å²) in [5, 5.41) is 7.18. The molecule has 0 unspecified atom stereocenters. The van der Waals surface area contributed by atoms with E-state index in [4.69, 9.17) is 5.73 Å². The van der Waals surface area contributed by atoms with Crippen molar-refractivity contribution >= 4 is 38.3 Å². The molecule has 1 aliphatic rings. The highest BCUT2D eigenvalue weighted by Gasteiger charge is 2.19. The Morgan fingerprint density at radius 1 is 1.33 bits per heavy atom. The second-order valence-corrected chi connectivity index (χ2v) is 7.93. The number of nitrogens with one attached hydrogen (secondary N) is 1. The molecule has 0 amide bonds. The van der Waals surface area contributed by atoms with E-state index in [-0.39, 0.29) is 9.47 Å². The summed E-state index contributed by atoms with van der Waals surface area (Å²) in [6.45, 7) is 3.12. The lowest BCUT2D eigenvalue weighted by atomic mass is 10.5. The first-order valence-corrected chi connectivity index (χ1v) is 8.92. The Kier molecular flexibility index (Phi) is 4.78. The third-order valence-corrected chi connectivity index (χ3v) is 6.00. The van der Waals surface area contributed by atoms with Crippen molar-refractivity contribution < 1.29 is 8.42 Å². The molecule has 1 fully saturated rings. The molecule has 0 spiro atoms. The molecule has 3 N–H and O–H groups in total. The largest absolute Gasteiger partial charge is 0.374 e. The Morgan fingerprint density at radius 3 is 2.67 bits per heavy atom. The molecular weight excluding hydrogens is 294 g/mol. The summed E-state index contributed by atoms with van der Waals surface area (Å²) in [6, 6.07) is 0. The molecule has 2 rings (SSSR count). The minimum Gasteiger partial charge on any atom is -0.374 e. The average molecular weight is 309 g/mol. The summed E-state index contributed by atoms with van der Waals surface area (Å²) in [5.74, 6) is 2.22. The molecule has 1 saturated heterocycles. The number of hydrogen-bond acceptors (Lipinski definition) is 8. The van der Waals surface area contributed by atoms with Crippen molar-refractivity contribution in [1.29, 1.82) is 0 Å². The molecule has 0 atom stereocenters. The van der Waals surface area contributed by atoms with Gasteiger partial charge >= 0.3 is 0 Å². The first-order chi connectivity index (χ1) is 8.58. The van der Waals surface area contributed by atoms with Crippen molar-refractivity contribution in [2.75, 3.05) is 43.4 Å². The first-order valence-electron chi connectivity index (χ1n) is 5.47. The van der Waals surface area contributed by atoms with Gasteiger partial charge < -0.3 is 10.6 Å².